The maximum atomic E-state index is 12.4. The van der Waals surface area contributed by atoms with Crippen LogP contribution >= 0.6 is 27.7 Å². The van der Waals surface area contributed by atoms with Gasteiger partial charge in [-0.25, -0.2) is 4.68 Å². The van der Waals surface area contributed by atoms with Crippen LogP contribution in [0.15, 0.2) is 57.0 Å². The number of tetrazole rings is 1. The molecule has 10 heteroatoms. The van der Waals surface area contributed by atoms with E-state index in [9.17, 15) is 4.79 Å². The number of rotatable bonds is 7. The van der Waals surface area contributed by atoms with Crippen LogP contribution in [-0.4, -0.2) is 39.8 Å². The minimum atomic E-state index is -0.294. The SMILES string of the molecule is COc1ccccc1OCC(=O)Nc1cc(Br)ccc1Sc1nnnn1C. The Kier molecular flexibility index (Phi) is 6.30. The summed E-state index contributed by atoms with van der Waals surface area (Å²) in [5.74, 6) is 0.778. The molecule has 3 aromatic rings. The molecule has 140 valence electrons. The number of hydrogen-bond donors (Lipinski definition) is 1. The van der Waals surface area contributed by atoms with Crippen LogP contribution in [0.5, 0.6) is 11.5 Å². The normalized spacial score (nSPS) is 10.5. The van der Waals surface area contributed by atoms with Crippen molar-refractivity contribution in [2.45, 2.75) is 10.1 Å². The van der Waals surface area contributed by atoms with Crippen LogP contribution in [0.2, 0.25) is 0 Å². The lowest BCUT2D eigenvalue weighted by molar-refractivity contribution is -0.118. The van der Waals surface area contributed by atoms with Gasteiger partial charge >= 0.3 is 0 Å². The molecule has 0 spiro atoms. The fraction of sp³-hybridized carbons (Fsp3) is 0.176. The average molecular weight is 450 g/mol. The first-order chi connectivity index (χ1) is 13.1. The van der Waals surface area contributed by atoms with Gasteiger partial charge in [0.15, 0.2) is 18.1 Å². The van der Waals surface area contributed by atoms with Crippen molar-refractivity contribution in [2.75, 3.05) is 19.0 Å². The van der Waals surface area contributed by atoms with Gasteiger partial charge in [0.2, 0.25) is 5.16 Å². The molecule has 1 aromatic heterocycles. The number of aromatic nitrogens is 4. The van der Waals surface area contributed by atoms with E-state index in [4.69, 9.17) is 9.47 Å². The summed E-state index contributed by atoms with van der Waals surface area (Å²) in [7, 11) is 3.30. The molecule has 0 saturated carbocycles. The highest BCUT2D eigenvalue weighted by Gasteiger charge is 2.13. The van der Waals surface area contributed by atoms with Crippen molar-refractivity contribution < 1.29 is 14.3 Å². The Bertz CT molecular complexity index is 950. The number of para-hydroxylation sites is 2. The molecular formula is C17H16BrN5O3S. The third-order valence-corrected chi connectivity index (χ3v) is 5.02. The Hall–Kier alpha value is -2.59. The van der Waals surface area contributed by atoms with Crippen molar-refractivity contribution in [2.24, 2.45) is 7.05 Å². The third kappa shape index (κ3) is 4.98. The van der Waals surface area contributed by atoms with E-state index >= 15 is 0 Å². The van der Waals surface area contributed by atoms with Crippen LogP contribution in [0.4, 0.5) is 5.69 Å². The van der Waals surface area contributed by atoms with Crippen LogP contribution in [0.1, 0.15) is 0 Å². The number of anilines is 1. The summed E-state index contributed by atoms with van der Waals surface area (Å²) < 4.78 is 13.2. The minimum absolute atomic E-state index is 0.150. The number of hydrogen-bond acceptors (Lipinski definition) is 7. The van der Waals surface area contributed by atoms with Gasteiger partial charge in [0.1, 0.15) is 0 Å². The van der Waals surface area contributed by atoms with E-state index in [2.05, 4.69) is 36.8 Å². The van der Waals surface area contributed by atoms with E-state index in [-0.39, 0.29) is 12.5 Å². The van der Waals surface area contributed by atoms with Gasteiger partial charge < -0.3 is 14.8 Å². The second-order valence-electron chi connectivity index (χ2n) is 5.32. The molecule has 0 unspecified atom stereocenters. The zero-order valence-electron chi connectivity index (χ0n) is 14.5. The average Bonchev–Trinajstić information content (AvgIpc) is 3.07. The van der Waals surface area contributed by atoms with Crippen LogP contribution in [0, 0.1) is 0 Å². The zero-order chi connectivity index (χ0) is 19.2. The maximum Gasteiger partial charge on any atom is 0.262 e. The molecule has 0 atom stereocenters. The van der Waals surface area contributed by atoms with Gasteiger partial charge in [-0.15, -0.1) is 5.10 Å². The standard InChI is InChI=1S/C17H16BrN5O3S/c1-23-17(20-21-22-23)27-15-8-7-11(18)9-12(15)19-16(24)10-26-14-6-4-3-5-13(14)25-2/h3-9H,10H2,1-2H3,(H,19,24). The molecule has 27 heavy (non-hydrogen) atoms. The van der Waals surface area contributed by atoms with Gasteiger partial charge in [0.25, 0.3) is 5.91 Å². The van der Waals surface area contributed by atoms with Gasteiger partial charge in [0.05, 0.1) is 12.8 Å². The number of methoxy groups -OCH3 is 1. The van der Waals surface area contributed by atoms with E-state index in [1.54, 1.807) is 31.0 Å². The number of halogens is 1. The van der Waals surface area contributed by atoms with Gasteiger partial charge in [-0.3, -0.25) is 4.79 Å². The van der Waals surface area contributed by atoms with Gasteiger partial charge in [0, 0.05) is 16.4 Å². The summed E-state index contributed by atoms with van der Waals surface area (Å²) in [5, 5.41) is 14.8. The Morgan fingerprint density at radius 1 is 1.26 bits per heavy atom. The van der Waals surface area contributed by atoms with Crippen molar-refractivity contribution in [1.82, 2.24) is 20.2 Å². The number of benzene rings is 2. The van der Waals surface area contributed by atoms with E-state index < -0.39 is 0 Å². The van der Waals surface area contributed by atoms with E-state index in [1.165, 1.54) is 11.8 Å². The topological polar surface area (TPSA) is 91.2 Å². The van der Waals surface area contributed by atoms with Crippen molar-refractivity contribution in [1.29, 1.82) is 0 Å². The fourth-order valence-corrected chi connectivity index (χ4v) is 3.32. The lowest BCUT2D eigenvalue weighted by Gasteiger charge is -2.13. The summed E-state index contributed by atoms with van der Waals surface area (Å²) in [5.41, 5.74) is 0.631. The van der Waals surface area contributed by atoms with Crippen molar-refractivity contribution in [3.05, 3.63) is 46.9 Å². The number of carbonyl (C=O) groups excluding carboxylic acids is 1. The predicted octanol–water partition coefficient (Wildman–Crippen LogP) is 3.15. The summed E-state index contributed by atoms with van der Waals surface area (Å²) in [6, 6.07) is 12.7. The monoisotopic (exact) mass is 449 g/mol. The molecule has 1 heterocycles. The molecule has 8 nitrogen and oxygen atoms in total. The molecular weight excluding hydrogens is 434 g/mol. The van der Waals surface area contributed by atoms with Gasteiger partial charge in [-0.1, -0.05) is 28.1 Å². The fourth-order valence-electron chi connectivity index (χ4n) is 2.16. The quantitative estimate of drug-likeness (QED) is 0.592. The highest BCUT2D eigenvalue weighted by molar-refractivity contribution is 9.10. The largest absolute Gasteiger partial charge is 0.493 e. The van der Waals surface area contributed by atoms with Crippen LogP contribution in [0.3, 0.4) is 0 Å². The molecule has 1 N–H and O–H groups in total. The lowest BCUT2D eigenvalue weighted by atomic mass is 10.3. The molecule has 2 aromatic carbocycles. The highest BCUT2D eigenvalue weighted by atomic mass is 79.9. The Morgan fingerprint density at radius 2 is 2.04 bits per heavy atom. The highest BCUT2D eigenvalue weighted by Crippen LogP contribution is 2.34. The molecule has 0 aliphatic heterocycles. The summed E-state index contributed by atoms with van der Waals surface area (Å²) >= 11 is 4.77. The molecule has 0 bridgehead atoms. The molecule has 1 amide bonds. The number of nitrogens with one attached hydrogen (secondary N) is 1. The zero-order valence-corrected chi connectivity index (χ0v) is 17.0. The van der Waals surface area contributed by atoms with E-state index in [1.807, 2.05) is 30.3 Å². The lowest BCUT2D eigenvalue weighted by Crippen LogP contribution is -2.20. The number of ether oxygens (including phenoxy) is 2. The summed E-state index contributed by atoms with van der Waals surface area (Å²) in [6.07, 6.45) is 0. The number of amides is 1. The Morgan fingerprint density at radius 3 is 2.74 bits per heavy atom. The summed E-state index contributed by atoms with van der Waals surface area (Å²) in [4.78, 5) is 13.2. The molecule has 0 saturated heterocycles. The Balaban J connectivity index is 1.70. The molecule has 0 radical (unpaired) electrons. The first-order valence-electron chi connectivity index (χ1n) is 7.82. The minimum Gasteiger partial charge on any atom is -0.493 e. The van der Waals surface area contributed by atoms with Crippen molar-refractivity contribution >= 4 is 39.3 Å². The molecule has 0 aliphatic carbocycles. The van der Waals surface area contributed by atoms with Gasteiger partial charge in [-0.2, -0.15) is 0 Å². The van der Waals surface area contributed by atoms with Crippen LogP contribution in [-0.2, 0) is 11.8 Å². The summed E-state index contributed by atoms with van der Waals surface area (Å²) in [6.45, 7) is -0.150. The first-order valence-corrected chi connectivity index (χ1v) is 9.43. The first kappa shape index (κ1) is 19.2. The van der Waals surface area contributed by atoms with E-state index in [0.717, 1.165) is 9.37 Å². The molecule has 0 aliphatic rings. The van der Waals surface area contributed by atoms with Crippen LogP contribution in [0.25, 0.3) is 0 Å². The number of carbonyl (C=O) groups is 1. The van der Waals surface area contributed by atoms with Crippen LogP contribution < -0.4 is 14.8 Å². The van der Waals surface area contributed by atoms with Crippen molar-refractivity contribution in [3.63, 3.8) is 0 Å². The second kappa shape index (κ2) is 8.87. The number of aryl methyl sites for hydroxylation is 1. The predicted molar refractivity (Wildman–Crippen MR) is 104 cm³/mol. The smallest absolute Gasteiger partial charge is 0.262 e. The second-order valence-corrected chi connectivity index (χ2v) is 7.24. The maximum absolute atomic E-state index is 12.4. The van der Waals surface area contributed by atoms with Gasteiger partial charge in [-0.05, 0) is 52.5 Å². The van der Waals surface area contributed by atoms with E-state index in [0.29, 0.717) is 22.3 Å². The molecule has 0 fully saturated rings. The molecule has 3 rings (SSSR count). The Labute approximate surface area is 168 Å². The third-order valence-electron chi connectivity index (χ3n) is 3.43. The number of nitrogens with zero attached hydrogens (tertiary/aromatic N) is 4. The van der Waals surface area contributed by atoms with Crippen molar-refractivity contribution in [3.8, 4) is 11.5 Å².